The van der Waals surface area contributed by atoms with Gasteiger partial charge in [0.15, 0.2) is 0 Å². The van der Waals surface area contributed by atoms with Crippen LogP contribution in [0, 0.1) is 5.92 Å². The number of aromatic nitrogens is 2. The van der Waals surface area contributed by atoms with E-state index in [1.54, 1.807) is 0 Å². The first kappa shape index (κ1) is 15.2. The lowest BCUT2D eigenvalue weighted by molar-refractivity contribution is 0.0952. The third-order valence-corrected chi connectivity index (χ3v) is 3.10. The van der Waals surface area contributed by atoms with E-state index in [2.05, 4.69) is 35.6 Å². The van der Waals surface area contributed by atoms with Crippen LogP contribution in [0.25, 0.3) is 0 Å². The van der Waals surface area contributed by atoms with Crippen molar-refractivity contribution in [3.05, 3.63) is 18.2 Å². The molecule has 4 nitrogen and oxygen atoms in total. The fourth-order valence-electron chi connectivity index (χ4n) is 1.99. The van der Waals surface area contributed by atoms with Crippen molar-refractivity contribution in [3.63, 3.8) is 0 Å². The average molecular weight is 253 g/mol. The number of hydrogen-bond donors (Lipinski definition) is 1. The molecule has 0 aliphatic carbocycles. The van der Waals surface area contributed by atoms with Crippen LogP contribution >= 0.6 is 0 Å². The molecule has 0 saturated carbocycles. The Morgan fingerprint density at radius 1 is 1.39 bits per heavy atom. The van der Waals surface area contributed by atoms with E-state index in [0.717, 1.165) is 32.7 Å². The summed E-state index contributed by atoms with van der Waals surface area (Å²) in [6, 6.07) is 0.367. The topological polar surface area (TPSA) is 39.1 Å². The SMILES string of the molecule is CCCNCc1cncn1C(COCC)C(C)C. The van der Waals surface area contributed by atoms with Crippen LogP contribution in [0.3, 0.4) is 0 Å². The monoisotopic (exact) mass is 253 g/mol. The molecule has 0 radical (unpaired) electrons. The largest absolute Gasteiger partial charge is 0.380 e. The van der Waals surface area contributed by atoms with Gasteiger partial charge >= 0.3 is 0 Å². The Balaban J connectivity index is 2.68. The third-order valence-electron chi connectivity index (χ3n) is 3.10. The van der Waals surface area contributed by atoms with Crippen LogP contribution in [0.2, 0.25) is 0 Å². The van der Waals surface area contributed by atoms with E-state index < -0.39 is 0 Å². The minimum atomic E-state index is 0.367. The summed E-state index contributed by atoms with van der Waals surface area (Å²) >= 11 is 0. The number of imidazole rings is 1. The lowest BCUT2D eigenvalue weighted by Crippen LogP contribution is -2.24. The summed E-state index contributed by atoms with van der Waals surface area (Å²) in [6.45, 7) is 12.1. The summed E-state index contributed by atoms with van der Waals surface area (Å²) in [5.74, 6) is 0.538. The fourth-order valence-corrected chi connectivity index (χ4v) is 1.99. The van der Waals surface area contributed by atoms with E-state index in [1.807, 2.05) is 19.4 Å². The highest BCUT2D eigenvalue weighted by molar-refractivity contribution is 5.00. The van der Waals surface area contributed by atoms with Crippen molar-refractivity contribution in [2.45, 2.75) is 46.7 Å². The maximum Gasteiger partial charge on any atom is 0.0952 e. The number of hydrogen-bond acceptors (Lipinski definition) is 3. The molecule has 0 saturated heterocycles. The Morgan fingerprint density at radius 2 is 2.17 bits per heavy atom. The molecule has 1 aromatic rings. The van der Waals surface area contributed by atoms with Gasteiger partial charge in [-0.05, 0) is 25.8 Å². The molecule has 0 bridgehead atoms. The molecule has 18 heavy (non-hydrogen) atoms. The minimum absolute atomic E-state index is 0.367. The van der Waals surface area contributed by atoms with Crippen molar-refractivity contribution in [2.75, 3.05) is 19.8 Å². The van der Waals surface area contributed by atoms with Crippen molar-refractivity contribution in [1.82, 2.24) is 14.9 Å². The number of ether oxygens (including phenoxy) is 1. The standard InChI is InChI=1S/C14H27N3O/c1-5-7-15-8-13-9-16-11-17(13)14(12(3)4)10-18-6-2/h9,11-12,14-15H,5-8,10H2,1-4H3. The van der Waals surface area contributed by atoms with E-state index in [1.165, 1.54) is 5.69 Å². The fraction of sp³-hybridized carbons (Fsp3) is 0.786. The molecule has 1 atom stereocenters. The second kappa shape index (κ2) is 8.27. The number of rotatable bonds is 9. The predicted molar refractivity (Wildman–Crippen MR) is 74.6 cm³/mol. The first-order valence-electron chi connectivity index (χ1n) is 6.99. The summed E-state index contributed by atoms with van der Waals surface area (Å²) in [5, 5.41) is 3.43. The average Bonchev–Trinajstić information content (AvgIpc) is 2.78. The van der Waals surface area contributed by atoms with Gasteiger partial charge in [0, 0.05) is 19.3 Å². The van der Waals surface area contributed by atoms with Gasteiger partial charge < -0.3 is 14.6 Å². The van der Waals surface area contributed by atoms with Gasteiger partial charge in [-0.25, -0.2) is 4.98 Å². The van der Waals surface area contributed by atoms with Gasteiger partial charge in [0.2, 0.25) is 0 Å². The van der Waals surface area contributed by atoms with Crippen molar-refractivity contribution in [3.8, 4) is 0 Å². The van der Waals surface area contributed by atoms with Gasteiger partial charge in [0.25, 0.3) is 0 Å². The van der Waals surface area contributed by atoms with Crippen molar-refractivity contribution >= 4 is 0 Å². The molecular formula is C14H27N3O. The Bertz CT molecular complexity index is 323. The summed E-state index contributed by atoms with van der Waals surface area (Å²) < 4.78 is 7.85. The molecule has 0 amide bonds. The van der Waals surface area contributed by atoms with Crippen LogP contribution in [0.15, 0.2) is 12.5 Å². The molecule has 0 aromatic carbocycles. The Labute approximate surface area is 111 Å². The molecular weight excluding hydrogens is 226 g/mol. The second-order valence-electron chi connectivity index (χ2n) is 4.94. The van der Waals surface area contributed by atoms with E-state index in [4.69, 9.17) is 4.74 Å². The summed E-state index contributed by atoms with van der Waals surface area (Å²) in [4.78, 5) is 4.28. The van der Waals surface area contributed by atoms with Gasteiger partial charge in [0.1, 0.15) is 0 Å². The van der Waals surface area contributed by atoms with E-state index >= 15 is 0 Å². The zero-order valence-electron chi connectivity index (χ0n) is 12.1. The van der Waals surface area contributed by atoms with Gasteiger partial charge in [-0.3, -0.25) is 0 Å². The molecule has 0 fully saturated rings. The highest BCUT2D eigenvalue weighted by Gasteiger charge is 2.17. The summed E-state index contributed by atoms with van der Waals surface area (Å²) in [6.07, 6.45) is 5.03. The lowest BCUT2D eigenvalue weighted by Gasteiger charge is -2.24. The number of nitrogens with zero attached hydrogens (tertiary/aromatic N) is 2. The zero-order valence-corrected chi connectivity index (χ0v) is 12.1. The normalized spacial score (nSPS) is 13.2. The predicted octanol–water partition coefficient (Wildman–Crippen LogP) is 2.62. The van der Waals surface area contributed by atoms with Crippen molar-refractivity contribution in [1.29, 1.82) is 0 Å². The highest BCUT2D eigenvalue weighted by Crippen LogP contribution is 2.20. The molecule has 0 aliphatic rings. The van der Waals surface area contributed by atoms with E-state index in [9.17, 15) is 0 Å². The van der Waals surface area contributed by atoms with Crippen LogP contribution < -0.4 is 5.32 Å². The summed E-state index contributed by atoms with van der Waals surface area (Å²) in [5.41, 5.74) is 1.24. The maximum absolute atomic E-state index is 5.59. The molecule has 1 aromatic heterocycles. The van der Waals surface area contributed by atoms with Gasteiger partial charge in [-0.15, -0.1) is 0 Å². The maximum atomic E-state index is 5.59. The zero-order chi connectivity index (χ0) is 13.4. The van der Waals surface area contributed by atoms with Gasteiger partial charge in [-0.1, -0.05) is 20.8 Å². The van der Waals surface area contributed by atoms with Crippen LogP contribution in [-0.2, 0) is 11.3 Å². The molecule has 1 N–H and O–H groups in total. The first-order chi connectivity index (χ1) is 8.70. The first-order valence-corrected chi connectivity index (χ1v) is 6.99. The van der Waals surface area contributed by atoms with E-state index in [-0.39, 0.29) is 0 Å². The Kier molecular flexibility index (Phi) is 6.98. The van der Waals surface area contributed by atoms with E-state index in [0.29, 0.717) is 12.0 Å². The van der Waals surface area contributed by atoms with Crippen molar-refractivity contribution in [2.24, 2.45) is 5.92 Å². The summed E-state index contributed by atoms with van der Waals surface area (Å²) in [7, 11) is 0. The molecule has 1 rings (SSSR count). The van der Waals surface area contributed by atoms with Gasteiger partial charge in [0.05, 0.1) is 24.7 Å². The second-order valence-corrected chi connectivity index (χ2v) is 4.94. The highest BCUT2D eigenvalue weighted by atomic mass is 16.5. The van der Waals surface area contributed by atoms with Crippen molar-refractivity contribution < 1.29 is 4.74 Å². The number of nitrogens with one attached hydrogen (secondary N) is 1. The molecule has 4 heteroatoms. The third kappa shape index (κ3) is 4.42. The molecule has 0 spiro atoms. The van der Waals surface area contributed by atoms with Crippen LogP contribution in [0.5, 0.6) is 0 Å². The quantitative estimate of drug-likeness (QED) is 0.688. The lowest BCUT2D eigenvalue weighted by atomic mass is 10.0. The van der Waals surface area contributed by atoms with Crippen LogP contribution in [0.4, 0.5) is 0 Å². The molecule has 0 aliphatic heterocycles. The van der Waals surface area contributed by atoms with Crippen LogP contribution in [-0.4, -0.2) is 29.3 Å². The molecule has 104 valence electrons. The minimum Gasteiger partial charge on any atom is -0.380 e. The van der Waals surface area contributed by atoms with Crippen LogP contribution in [0.1, 0.15) is 45.9 Å². The molecule has 1 heterocycles. The Hall–Kier alpha value is -0.870. The molecule has 1 unspecified atom stereocenters. The van der Waals surface area contributed by atoms with Gasteiger partial charge in [-0.2, -0.15) is 0 Å². The Morgan fingerprint density at radius 3 is 2.78 bits per heavy atom. The smallest absolute Gasteiger partial charge is 0.0952 e.